The lowest BCUT2D eigenvalue weighted by Gasteiger charge is -2.15. The first kappa shape index (κ1) is 18.2. The summed E-state index contributed by atoms with van der Waals surface area (Å²) in [6.07, 6.45) is 0. The SMILES string of the molecule is COc1ccc(C2=C(C(=O)O)[C@@H](c3ccc4c(c3)OCO4)c3ccc(C)nc32)cc1. The van der Waals surface area contributed by atoms with Gasteiger partial charge in [-0.2, -0.15) is 0 Å². The lowest BCUT2D eigenvalue weighted by Crippen LogP contribution is -2.10. The Morgan fingerprint density at radius 2 is 1.83 bits per heavy atom. The minimum Gasteiger partial charge on any atom is -0.497 e. The van der Waals surface area contributed by atoms with Gasteiger partial charge >= 0.3 is 5.97 Å². The number of hydrogen-bond donors (Lipinski definition) is 1. The van der Waals surface area contributed by atoms with Crippen molar-refractivity contribution in [3.8, 4) is 17.2 Å². The molecule has 2 aromatic carbocycles. The van der Waals surface area contributed by atoms with Crippen LogP contribution in [0.2, 0.25) is 0 Å². The van der Waals surface area contributed by atoms with Crippen LogP contribution in [0, 0.1) is 6.92 Å². The van der Waals surface area contributed by atoms with E-state index in [-0.39, 0.29) is 6.79 Å². The van der Waals surface area contributed by atoms with Crippen LogP contribution in [-0.4, -0.2) is 30.0 Å². The molecule has 6 heteroatoms. The van der Waals surface area contributed by atoms with Gasteiger partial charge in [0.2, 0.25) is 6.79 Å². The number of aryl methyl sites for hydroxylation is 1. The third kappa shape index (κ3) is 2.80. The van der Waals surface area contributed by atoms with Crippen molar-refractivity contribution in [2.75, 3.05) is 13.9 Å². The Kier molecular flexibility index (Phi) is 4.20. The van der Waals surface area contributed by atoms with Crippen LogP contribution in [0.3, 0.4) is 0 Å². The van der Waals surface area contributed by atoms with E-state index in [0.29, 0.717) is 34.1 Å². The highest BCUT2D eigenvalue weighted by Gasteiger charge is 2.38. The number of benzene rings is 2. The van der Waals surface area contributed by atoms with Gasteiger partial charge in [-0.3, -0.25) is 4.98 Å². The van der Waals surface area contributed by atoms with E-state index in [0.717, 1.165) is 22.4 Å². The maximum atomic E-state index is 12.5. The van der Waals surface area contributed by atoms with E-state index < -0.39 is 11.9 Å². The minimum absolute atomic E-state index is 0.166. The number of nitrogens with zero attached hydrogens (tertiary/aromatic N) is 1. The number of carboxylic acid groups (broad SMARTS) is 1. The molecule has 150 valence electrons. The molecule has 2 heterocycles. The van der Waals surface area contributed by atoms with Crippen LogP contribution < -0.4 is 14.2 Å². The summed E-state index contributed by atoms with van der Waals surface area (Å²) in [7, 11) is 1.60. The summed E-state index contributed by atoms with van der Waals surface area (Å²) >= 11 is 0. The van der Waals surface area contributed by atoms with E-state index in [4.69, 9.17) is 19.2 Å². The van der Waals surface area contributed by atoms with Crippen LogP contribution in [0.5, 0.6) is 17.2 Å². The van der Waals surface area contributed by atoms with Crippen molar-refractivity contribution in [2.45, 2.75) is 12.8 Å². The van der Waals surface area contributed by atoms with Crippen molar-refractivity contribution in [1.82, 2.24) is 4.98 Å². The summed E-state index contributed by atoms with van der Waals surface area (Å²) in [5.74, 6) is 0.558. The summed E-state index contributed by atoms with van der Waals surface area (Å²) in [6, 6.07) is 16.8. The third-order valence-corrected chi connectivity index (χ3v) is 5.51. The van der Waals surface area contributed by atoms with E-state index in [9.17, 15) is 9.90 Å². The quantitative estimate of drug-likeness (QED) is 0.707. The first-order chi connectivity index (χ1) is 14.6. The number of carbonyl (C=O) groups is 1. The van der Waals surface area contributed by atoms with E-state index in [1.165, 1.54) is 0 Å². The van der Waals surface area contributed by atoms with Gasteiger partial charge in [-0.05, 0) is 53.9 Å². The molecule has 2 aliphatic rings. The van der Waals surface area contributed by atoms with Crippen molar-refractivity contribution < 1.29 is 24.1 Å². The van der Waals surface area contributed by atoms with Crippen LogP contribution >= 0.6 is 0 Å². The fourth-order valence-corrected chi connectivity index (χ4v) is 4.15. The average Bonchev–Trinajstić information content (AvgIpc) is 3.35. The molecule has 1 aromatic heterocycles. The molecule has 0 saturated heterocycles. The number of methoxy groups -OCH3 is 1. The highest BCUT2D eigenvalue weighted by molar-refractivity contribution is 6.06. The van der Waals surface area contributed by atoms with E-state index in [2.05, 4.69) is 0 Å². The molecule has 1 N–H and O–H groups in total. The molecule has 1 atom stereocenters. The van der Waals surface area contributed by atoms with Gasteiger partial charge in [-0.25, -0.2) is 4.79 Å². The first-order valence-corrected chi connectivity index (χ1v) is 9.56. The molecular formula is C24H19NO5. The van der Waals surface area contributed by atoms with Crippen molar-refractivity contribution in [3.63, 3.8) is 0 Å². The monoisotopic (exact) mass is 401 g/mol. The highest BCUT2D eigenvalue weighted by Crippen LogP contribution is 2.49. The molecule has 0 bridgehead atoms. The zero-order valence-corrected chi connectivity index (χ0v) is 16.5. The van der Waals surface area contributed by atoms with Gasteiger partial charge in [0.25, 0.3) is 0 Å². The normalized spacial score (nSPS) is 16.5. The number of pyridine rings is 1. The maximum Gasteiger partial charge on any atom is 0.333 e. The minimum atomic E-state index is -0.973. The molecule has 0 saturated carbocycles. The summed E-state index contributed by atoms with van der Waals surface area (Å²) in [5.41, 5.74) is 4.93. The van der Waals surface area contributed by atoms with Gasteiger partial charge in [-0.15, -0.1) is 0 Å². The second kappa shape index (κ2) is 6.91. The smallest absolute Gasteiger partial charge is 0.333 e. The summed E-state index contributed by atoms with van der Waals surface area (Å²) in [4.78, 5) is 17.2. The fourth-order valence-electron chi connectivity index (χ4n) is 4.15. The van der Waals surface area contributed by atoms with Gasteiger partial charge in [0.1, 0.15) is 5.75 Å². The van der Waals surface area contributed by atoms with Crippen LogP contribution in [0.15, 0.2) is 60.2 Å². The topological polar surface area (TPSA) is 77.9 Å². The molecule has 0 radical (unpaired) electrons. The number of carboxylic acids is 1. The highest BCUT2D eigenvalue weighted by atomic mass is 16.7. The Morgan fingerprint density at radius 1 is 1.07 bits per heavy atom. The third-order valence-electron chi connectivity index (χ3n) is 5.51. The number of aliphatic carboxylic acids is 1. The van der Waals surface area contributed by atoms with Crippen LogP contribution in [0.25, 0.3) is 5.57 Å². The second-order valence-electron chi connectivity index (χ2n) is 7.26. The van der Waals surface area contributed by atoms with Crippen molar-refractivity contribution in [3.05, 3.63) is 88.2 Å². The predicted octanol–water partition coefficient (Wildman–Crippen LogP) is 4.16. The molecular weight excluding hydrogens is 382 g/mol. The van der Waals surface area contributed by atoms with Gasteiger partial charge in [0.15, 0.2) is 11.5 Å². The molecule has 6 nitrogen and oxygen atoms in total. The number of hydrogen-bond acceptors (Lipinski definition) is 5. The fraction of sp³-hybridized carbons (Fsp3) is 0.167. The van der Waals surface area contributed by atoms with E-state index in [1.807, 2.05) is 61.5 Å². The van der Waals surface area contributed by atoms with Gasteiger partial charge in [-0.1, -0.05) is 24.3 Å². The van der Waals surface area contributed by atoms with Crippen LogP contribution in [0.1, 0.15) is 34.0 Å². The van der Waals surface area contributed by atoms with Gasteiger partial charge in [0.05, 0.1) is 18.4 Å². The Balaban J connectivity index is 1.75. The van der Waals surface area contributed by atoms with Crippen LogP contribution in [-0.2, 0) is 4.79 Å². The lowest BCUT2D eigenvalue weighted by molar-refractivity contribution is -0.132. The molecule has 0 spiro atoms. The van der Waals surface area contributed by atoms with Gasteiger partial charge < -0.3 is 19.3 Å². The standard InChI is InChI=1S/C24H19NO5/c1-13-3-9-17-20(15-6-10-18-19(11-15)30-12-29-18)22(24(26)27)21(23(17)25-13)14-4-7-16(28-2)8-5-14/h3-11,20H,12H2,1-2H3,(H,26,27)/t20-/m0/s1. The van der Waals surface area contributed by atoms with E-state index >= 15 is 0 Å². The van der Waals surface area contributed by atoms with Crippen molar-refractivity contribution in [1.29, 1.82) is 0 Å². The Morgan fingerprint density at radius 3 is 2.57 bits per heavy atom. The second-order valence-corrected chi connectivity index (χ2v) is 7.26. The lowest BCUT2D eigenvalue weighted by atomic mass is 9.88. The first-order valence-electron chi connectivity index (χ1n) is 9.56. The molecule has 0 fully saturated rings. The molecule has 3 aromatic rings. The Bertz CT molecular complexity index is 1200. The summed E-state index contributed by atoms with van der Waals surface area (Å²) < 4.78 is 16.2. The molecule has 1 aliphatic carbocycles. The molecule has 5 rings (SSSR count). The Labute approximate surface area is 173 Å². The summed E-state index contributed by atoms with van der Waals surface area (Å²) in [5, 5.41) is 10.2. The predicted molar refractivity (Wildman–Crippen MR) is 110 cm³/mol. The molecule has 0 amide bonds. The zero-order valence-electron chi connectivity index (χ0n) is 16.5. The van der Waals surface area contributed by atoms with Crippen molar-refractivity contribution >= 4 is 11.5 Å². The zero-order chi connectivity index (χ0) is 20.8. The molecule has 1 aliphatic heterocycles. The maximum absolute atomic E-state index is 12.5. The summed E-state index contributed by atoms with van der Waals surface area (Å²) in [6.45, 7) is 2.07. The average molecular weight is 401 g/mol. The Hall–Kier alpha value is -3.80. The number of aromatic nitrogens is 1. The molecule has 30 heavy (non-hydrogen) atoms. The largest absolute Gasteiger partial charge is 0.497 e. The number of ether oxygens (including phenoxy) is 3. The number of fused-ring (bicyclic) bond motifs is 2. The van der Waals surface area contributed by atoms with Crippen LogP contribution in [0.4, 0.5) is 0 Å². The molecule has 0 unspecified atom stereocenters. The van der Waals surface area contributed by atoms with E-state index in [1.54, 1.807) is 7.11 Å². The van der Waals surface area contributed by atoms with Crippen molar-refractivity contribution in [2.24, 2.45) is 0 Å². The number of rotatable bonds is 4. The van der Waals surface area contributed by atoms with Gasteiger partial charge in [0, 0.05) is 17.2 Å².